The minimum absolute atomic E-state index is 0.795. The zero-order chi connectivity index (χ0) is 6.69. The Morgan fingerprint density at radius 2 is 2.00 bits per heavy atom. The van der Waals surface area contributed by atoms with Crippen molar-refractivity contribution in [2.24, 2.45) is 11.7 Å². The first-order valence-electron chi connectivity index (χ1n) is 3.80. The summed E-state index contributed by atoms with van der Waals surface area (Å²) in [5.74, 6) is 0.795. The zero-order valence-electron chi connectivity index (χ0n) is 5.84. The molecule has 0 bridgehead atoms. The van der Waals surface area contributed by atoms with Gasteiger partial charge in [-0.15, -0.1) is 9.24 Å². The quantitative estimate of drug-likeness (QED) is 0.554. The number of hydrogen-bond donors (Lipinski definition) is 1. The van der Waals surface area contributed by atoms with Gasteiger partial charge in [0, 0.05) is 0 Å². The highest BCUT2D eigenvalue weighted by molar-refractivity contribution is 7.17. The van der Waals surface area contributed by atoms with Crippen molar-refractivity contribution in [2.45, 2.75) is 31.3 Å². The van der Waals surface area contributed by atoms with Crippen molar-refractivity contribution in [2.75, 3.05) is 6.54 Å². The smallest absolute Gasteiger partial charge is 0.00430 e. The molecule has 1 aliphatic carbocycles. The van der Waals surface area contributed by atoms with E-state index in [4.69, 9.17) is 5.73 Å². The van der Waals surface area contributed by atoms with E-state index in [1.165, 1.54) is 25.7 Å². The van der Waals surface area contributed by atoms with E-state index in [0.717, 1.165) is 18.1 Å². The Kier molecular flexibility index (Phi) is 2.94. The molecular formula is C7H16NP. The predicted octanol–water partition coefficient (Wildman–Crippen LogP) is 1.38. The van der Waals surface area contributed by atoms with E-state index >= 15 is 0 Å². The van der Waals surface area contributed by atoms with Crippen molar-refractivity contribution in [1.82, 2.24) is 0 Å². The minimum Gasteiger partial charge on any atom is -0.330 e. The van der Waals surface area contributed by atoms with Gasteiger partial charge in [-0.2, -0.15) is 0 Å². The van der Waals surface area contributed by atoms with Crippen LogP contribution in [0.2, 0.25) is 0 Å². The lowest BCUT2D eigenvalue weighted by Gasteiger charge is -2.26. The van der Waals surface area contributed by atoms with Crippen LogP contribution >= 0.6 is 9.24 Å². The molecule has 0 heterocycles. The highest BCUT2D eigenvalue weighted by atomic mass is 31.0. The van der Waals surface area contributed by atoms with E-state index < -0.39 is 0 Å². The fourth-order valence-corrected chi connectivity index (χ4v) is 2.11. The fraction of sp³-hybridized carbons (Fsp3) is 1.00. The van der Waals surface area contributed by atoms with Gasteiger partial charge < -0.3 is 5.73 Å². The van der Waals surface area contributed by atoms with E-state index in [1.54, 1.807) is 0 Å². The summed E-state index contributed by atoms with van der Waals surface area (Å²) < 4.78 is 0. The SMILES string of the molecule is NC[C@H]1CCCC[C@@H]1P. The van der Waals surface area contributed by atoms with E-state index in [-0.39, 0.29) is 0 Å². The summed E-state index contributed by atoms with van der Waals surface area (Å²) in [6.45, 7) is 0.883. The van der Waals surface area contributed by atoms with Crippen LogP contribution in [0.3, 0.4) is 0 Å². The lowest BCUT2D eigenvalue weighted by molar-refractivity contribution is 0.378. The molecule has 0 aromatic heterocycles. The van der Waals surface area contributed by atoms with Crippen molar-refractivity contribution in [3.63, 3.8) is 0 Å². The first-order chi connectivity index (χ1) is 4.34. The lowest BCUT2D eigenvalue weighted by atomic mass is 9.89. The largest absolute Gasteiger partial charge is 0.330 e. The second kappa shape index (κ2) is 3.53. The van der Waals surface area contributed by atoms with Gasteiger partial charge in [-0.3, -0.25) is 0 Å². The van der Waals surface area contributed by atoms with Gasteiger partial charge in [0.1, 0.15) is 0 Å². The van der Waals surface area contributed by atoms with Gasteiger partial charge in [0.2, 0.25) is 0 Å². The van der Waals surface area contributed by atoms with Gasteiger partial charge in [0.05, 0.1) is 0 Å². The van der Waals surface area contributed by atoms with Crippen LogP contribution in [0.1, 0.15) is 25.7 Å². The third-order valence-electron chi connectivity index (χ3n) is 2.27. The molecule has 1 saturated carbocycles. The Bertz CT molecular complexity index is 85.0. The lowest BCUT2D eigenvalue weighted by Crippen LogP contribution is -2.26. The second-order valence-electron chi connectivity index (χ2n) is 2.94. The summed E-state index contributed by atoms with van der Waals surface area (Å²) in [6.07, 6.45) is 5.52. The predicted molar refractivity (Wildman–Crippen MR) is 44.5 cm³/mol. The molecule has 1 fully saturated rings. The monoisotopic (exact) mass is 145 g/mol. The van der Waals surface area contributed by atoms with Crippen molar-refractivity contribution in [3.8, 4) is 0 Å². The van der Waals surface area contributed by atoms with Crippen LogP contribution < -0.4 is 5.73 Å². The molecule has 2 N–H and O–H groups in total. The molecule has 1 unspecified atom stereocenters. The van der Waals surface area contributed by atoms with Crippen molar-refractivity contribution >= 4 is 9.24 Å². The number of rotatable bonds is 1. The van der Waals surface area contributed by atoms with Crippen LogP contribution in [0.4, 0.5) is 0 Å². The average Bonchev–Trinajstić information content (AvgIpc) is 1.89. The molecule has 0 aliphatic heterocycles. The van der Waals surface area contributed by atoms with Crippen LogP contribution in [-0.2, 0) is 0 Å². The third kappa shape index (κ3) is 1.91. The maximum absolute atomic E-state index is 5.58. The maximum atomic E-state index is 5.58. The summed E-state index contributed by atoms with van der Waals surface area (Å²) in [5, 5.41) is 0. The number of nitrogens with two attached hydrogens (primary N) is 1. The van der Waals surface area contributed by atoms with Crippen LogP contribution in [-0.4, -0.2) is 12.2 Å². The molecule has 3 atom stereocenters. The maximum Gasteiger partial charge on any atom is -0.00430 e. The summed E-state index contributed by atoms with van der Waals surface area (Å²) in [7, 11) is 2.91. The van der Waals surface area contributed by atoms with Gasteiger partial charge in [-0.1, -0.05) is 12.8 Å². The zero-order valence-corrected chi connectivity index (χ0v) is 7.00. The Morgan fingerprint density at radius 1 is 1.33 bits per heavy atom. The molecule has 54 valence electrons. The standard InChI is InChI=1S/C7H16NP/c8-5-6-3-1-2-4-7(6)9/h6-7H,1-5,8-9H2/t6-,7+/m1/s1. The molecule has 1 rings (SSSR count). The summed E-state index contributed by atoms with van der Waals surface area (Å²) in [5.41, 5.74) is 6.39. The van der Waals surface area contributed by atoms with Gasteiger partial charge >= 0.3 is 0 Å². The van der Waals surface area contributed by atoms with Crippen LogP contribution in [0.15, 0.2) is 0 Å². The van der Waals surface area contributed by atoms with Crippen molar-refractivity contribution < 1.29 is 0 Å². The molecular weight excluding hydrogens is 129 g/mol. The van der Waals surface area contributed by atoms with Crippen LogP contribution in [0, 0.1) is 5.92 Å². The summed E-state index contributed by atoms with van der Waals surface area (Å²) >= 11 is 0. The average molecular weight is 145 g/mol. The molecule has 0 spiro atoms. The van der Waals surface area contributed by atoms with Crippen LogP contribution in [0.5, 0.6) is 0 Å². The van der Waals surface area contributed by atoms with Crippen molar-refractivity contribution in [1.29, 1.82) is 0 Å². The first-order valence-corrected chi connectivity index (χ1v) is 4.47. The van der Waals surface area contributed by atoms with Gasteiger partial charge in [0.25, 0.3) is 0 Å². The van der Waals surface area contributed by atoms with E-state index in [1.807, 2.05) is 0 Å². The molecule has 0 aromatic carbocycles. The minimum atomic E-state index is 0.795. The van der Waals surface area contributed by atoms with Gasteiger partial charge in [-0.05, 0) is 31.0 Å². The molecule has 0 saturated heterocycles. The van der Waals surface area contributed by atoms with Gasteiger partial charge in [0.15, 0.2) is 0 Å². The summed E-state index contributed by atoms with van der Waals surface area (Å²) in [6, 6.07) is 0. The molecule has 1 aliphatic rings. The third-order valence-corrected chi connectivity index (χ3v) is 3.15. The molecule has 9 heavy (non-hydrogen) atoms. The van der Waals surface area contributed by atoms with Crippen LogP contribution in [0.25, 0.3) is 0 Å². The molecule has 0 radical (unpaired) electrons. The molecule has 0 amide bonds. The number of hydrogen-bond acceptors (Lipinski definition) is 1. The second-order valence-corrected chi connectivity index (χ2v) is 3.80. The van der Waals surface area contributed by atoms with Crippen molar-refractivity contribution in [3.05, 3.63) is 0 Å². The fourth-order valence-electron chi connectivity index (χ4n) is 1.53. The molecule has 2 heteroatoms. The molecule has 1 nitrogen and oxygen atoms in total. The normalized spacial score (nSPS) is 36.7. The Labute approximate surface area is 59.6 Å². The van der Waals surface area contributed by atoms with E-state index in [0.29, 0.717) is 0 Å². The van der Waals surface area contributed by atoms with E-state index in [9.17, 15) is 0 Å². The first kappa shape index (κ1) is 7.50. The Hall–Kier alpha value is 0.390. The summed E-state index contributed by atoms with van der Waals surface area (Å²) in [4.78, 5) is 0. The Morgan fingerprint density at radius 3 is 2.44 bits per heavy atom. The topological polar surface area (TPSA) is 26.0 Å². The Balaban J connectivity index is 2.30. The highest BCUT2D eigenvalue weighted by Crippen LogP contribution is 2.28. The highest BCUT2D eigenvalue weighted by Gasteiger charge is 2.19. The molecule has 0 aromatic rings. The van der Waals surface area contributed by atoms with E-state index in [2.05, 4.69) is 9.24 Å². The van der Waals surface area contributed by atoms with Gasteiger partial charge in [-0.25, -0.2) is 0 Å².